The number of hydrogen-bond donors (Lipinski definition) is 1. The van der Waals surface area contributed by atoms with Gasteiger partial charge in [0.2, 0.25) is 0 Å². The highest BCUT2D eigenvalue weighted by Crippen LogP contribution is 2.16. The Morgan fingerprint density at radius 1 is 1.64 bits per heavy atom. The lowest BCUT2D eigenvalue weighted by Crippen LogP contribution is -2.42. The summed E-state index contributed by atoms with van der Waals surface area (Å²) in [5.74, 6) is 0.144. The Kier molecular flexibility index (Phi) is 4.35. The average molecular weight is 201 g/mol. The van der Waals surface area contributed by atoms with E-state index in [2.05, 4.69) is 9.64 Å². The summed E-state index contributed by atoms with van der Waals surface area (Å²) in [5.41, 5.74) is 0. The monoisotopic (exact) mass is 201 g/mol. The van der Waals surface area contributed by atoms with Crippen LogP contribution in [0.2, 0.25) is 0 Å². The van der Waals surface area contributed by atoms with E-state index in [1.54, 1.807) is 0 Å². The standard InChI is InChI=1S/C10H19NO3/c1-8-7-11(5-3-9(8)12)6-4-10(13)14-2/h8-9,12H,3-7H2,1-2H3. The van der Waals surface area contributed by atoms with E-state index in [0.717, 1.165) is 26.1 Å². The molecule has 0 saturated carbocycles. The van der Waals surface area contributed by atoms with Crippen molar-refractivity contribution in [2.75, 3.05) is 26.7 Å². The Morgan fingerprint density at radius 2 is 2.36 bits per heavy atom. The summed E-state index contributed by atoms with van der Waals surface area (Å²) in [7, 11) is 1.41. The van der Waals surface area contributed by atoms with Crippen molar-refractivity contribution in [1.82, 2.24) is 4.90 Å². The molecule has 0 bridgehead atoms. The number of carbonyl (C=O) groups is 1. The highest BCUT2D eigenvalue weighted by atomic mass is 16.5. The number of hydrogen-bond acceptors (Lipinski definition) is 4. The van der Waals surface area contributed by atoms with Gasteiger partial charge in [-0.2, -0.15) is 0 Å². The van der Waals surface area contributed by atoms with Crippen LogP contribution < -0.4 is 0 Å². The van der Waals surface area contributed by atoms with Crippen LogP contribution in [-0.2, 0) is 9.53 Å². The molecule has 0 radical (unpaired) electrons. The molecule has 1 aliphatic heterocycles. The molecule has 0 aromatic rings. The fraction of sp³-hybridized carbons (Fsp3) is 0.900. The van der Waals surface area contributed by atoms with Gasteiger partial charge in [0.15, 0.2) is 0 Å². The number of likely N-dealkylation sites (tertiary alicyclic amines) is 1. The van der Waals surface area contributed by atoms with Gasteiger partial charge in [-0.25, -0.2) is 0 Å². The van der Waals surface area contributed by atoms with Gasteiger partial charge < -0.3 is 14.7 Å². The first-order valence-electron chi connectivity index (χ1n) is 5.10. The van der Waals surface area contributed by atoms with Crippen LogP contribution >= 0.6 is 0 Å². The second-order valence-electron chi connectivity index (χ2n) is 3.96. The molecule has 0 aliphatic carbocycles. The molecule has 4 heteroatoms. The molecule has 1 N–H and O–H groups in total. The minimum Gasteiger partial charge on any atom is -0.469 e. The Hall–Kier alpha value is -0.610. The third-order valence-electron chi connectivity index (χ3n) is 2.80. The molecule has 82 valence electrons. The zero-order valence-electron chi connectivity index (χ0n) is 8.90. The fourth-order valence-electron chi connectivity index (χ4n) is 1.77. The van der Waals surface area contributed by atoms with Crippen LogP contribution in [0.5, 0.6) is 0 Å². The number of aliphatic hydroxyl groups is 1. The summed E-state index contributed by atoms with van der Waals surface area (Å²) in [6.07, 6.45) is 1.08. The SMILES string of the molecule is COC(=O)CCN1CCC(O)C(C)C1. The Morgan fingerprint density at radius 3 is 2.93 bits per heavy atom. The summed E-state index contributed by atoms with van der Waals surface area (Å²) in [5, 5.41) is 9.50. The van der Waals surface area contributed by atoms with Crippen LogP contribution in [-0.4, -0.2) is 48.8 Å². The number of piperidine rings is 1. The molecule has 1 rings (SSSR count). The van der Waals surface area contributed by atoms with Crippen LogP contribution in [0.3, 0.4) is 0 Å². The van der Waals surface area contributed by atoms with Crippen LogP contribution in [0.15, 0.2) is 0 Å². The molecule has 1 heterocycles. The van der Waals surface area contributed by atoms with Crippen LogP contribution in [0, 0.1) is 5.92 Å². The van der Waals surface area contributed by atoms with E-state index in [-0.39, 0.29) is 12.1 Å². The predicted octanol–water partition coefficient (Wildman–Crippen LogP) is 0.252. The quantitative estimate of drug-likeness (QED) is 0.665. The van der Waals surface area contributed by atoms with Gasteiger partial charge >= 0.3 is 5.97 Å². The molecule has 0 spiro atoms. The molecule has 14 heavy (non-hydrogen) atoms. The molecule has 1 saturated heterocycles. The van der Waals surface area contributed by atoms with E-state index in [4.69, 9.17) is 0 Å². The number of esters is 1. The Bertz CT molecular complexity index is 196. The molecular weight excluding hydrogens is 182 g/mol. The number of carbonyl (C=O) groups excluding carboxylic acids is 1. The van der Waals surface area contributed by atoms with Crippen molar-refractivity contribution in [2.45, 2.75) is 25.9 Å². The maximum atomic E-state index is 10.9. The number of nitrogens with zero attached hydrogens (tertiary/aromatic N) is 1. The molecule has 1 aliphatic rings. The zero-order chi connectivity index (χ0) is 10.6. The van der Waals surface area contributed by atoms with E-state index in [9.17, 15) is 9.90 Å². The largest absolute Gasteiger partial charge is 0.469 e. The summed E-state index contributed by atoms with van der Waals surface area (Å²) >= 11 is 0. The fourth-order valence-corrected chi connectivity index (χ4v) is 1.77. The predicted molar refractivity (Wildman–Crippen MR) is 52.9 cm³/mol. The summed E-state index contributed by atoms with van der Waals surface area (Å²) in [6, 6.07) is 0. The summed E-state index contributed by atoms with van der Waals surface area (Å²) in [4.78, 5) is 13.1. The lowest BCUT2D eigenvalue weighted by Gasteiger charge is -2.34. The van der Waals surface area contributed by atoms with Crippen molar-refractivity contribution in [3.8, 4) is 0 Å². The average Bonchev–Trinajstić information content (AvgIpc) is 2.19. The number of rotatable bonds is 3. The number of methoxy groups -OCH3 is 1. The van der Waals surface area contributed by atoms with Crippen LogP contribution in [0.1, 0.15) is 19.8 Å². The molecule has 1 fully saturated rings. The van der Waals surface area contributed by atoms with Crippen molar-refractivity contribution in [2.24, 2.45) is 5.92 Å². The molecule has 0 aromatic heterocycles. The third-order valence-corrected chi connectivity index (χ3v) is 2.80. The first-order chi connectivity index (χ1) is 6.63. The highest BCUT2D eigenvalue weighted by molar-refractivity contribution is 5.69. The van der Waals surface area contributed by atoms with Crippen molar-refractivity contribution in [3.63, 3.8) is 0 Å². The van der Waals surface area contributed by atoms with Gasteiger partial charge in [0.1, 0.15) is 0 Å². The van der Waals surface area contributed by atoms with Gasteiger partial charge in [0.25, 0.3) is 0 Å². The lowest BCUT2D eigenvalue weighted by molar-refractivity contribution is -0.141. The smallest absolute Gasteiger partial charge is 0.306 e. The van der Waals surface area contributed by atoms with Crippen molar-refractivity contribution in [1.29, 1.82) is 0 Å². The maximum Gasteiger partial charge on any atom is 0.306 e. The van der Waals surface area contributed by atoms with Gasteiger partial charge in [-0.1, -0.05) is 6.92 Å². The molecular formula is C10H19NO3. The van der Waals surface area contributed by atoms with E-state index in [1.807, 2.05) is 6.92 Å². The molecule has 4 nitrogen and oxygen atoms in total. The van der Waals surface area contributed by atoms with Crippen LogP contribution in [0.25, 0.3) is 0 Å². The first-order valence-corrected chi connectivity index (χ1v) is 5.10. The third kappa shape index (κ3) is 3.27. The van der Waals surface area contributed by atoms with Crippen molar-refractivity contribution in [3.05, 3.63) is 0 Å². The highest BCUT2D eigenvalue weighted by Gasteiger charge is 2.24. The van der Waals surface area contributed by atoms with E-state index >= 15 is 0 Å². The molecule has 0 aromatic carbocycles. The van der Waals surface area contributed by atoms with Crippen molar-refractivity contribution >= 4 is 5.97 Å². The van der Waals surface area contributed by atoms with E-state index < -0.39 is 0 Å². The Balaban J connectivity index is 2.23. The minimum atomic E-state index is -0.177. The Labute approximate surface area is 84.8 Å². The van der Waals surface area contributed by atoms with Crippen molar-refractivity contribution < 1.29 is 14.6 Å². The first kappa shape index (κ1) is 11.5. The zero-order valence-corrected chi connectivity index (χ0v) is 8.90. The summed E-state index contributed by atoms with van der Waals surface area (Å²) < 4.78 is 4.57. The van der Waals surface area contributed by atoms with Gasteiger partial charge in [-0.3, -0.25) is 4.79 Å². The number of aliphatic hydroxyl groups excluding tert-OH is 1. The van der Waals surface area contributed by atoms with Gasteiger partial charge in [0.05, 0.1) is 19.6 Å². The maximum absolute atomic E-state index is 10.9. The summed E-state index contributed by atoms with van der Waals surface area (Å²) in [6.45, 7) is 4.53. The normalized spacial score (nSPS) is 28.8. The second-order valence-corrected chi connectivity index (χ2v) is 3.96. The topological polar surface area (TPSA) is 49.8 Å². The van der Waals surface area contributed by atoms with E-state index in [0.29, 0.717) is 12.3 Å². The van der Waals surface area contributed by atoms with Gasteiger partial charge in [0, 0.05) is 19.6 Å². The molecule has 2 unspecified atom stereocenters. The van der Waals surface area contributed by atoms with E-state index in [1.165, 1.54) is 7.11 Å². The molecule has 0 amide bonds. The number of ether oxygens (including phenoxy) is 1. The molecule has 2 atom stereocenters. The van der Waals surface area contributed by atoms with Gasteiger partial charge in [-0.15, -0.1) is 0 Å². The second kappa shape index (κ2) is 5.32. The van der Waals surface area contributed by atoms with Crippen LogP contribution in [0.4, 0.5) is 0 Å². The minimum absolute atomic E-state index is 0.163. The lowest BCUT2D eigenvalue weighted by atomic mass is 9.97. The van der Waals surface area contributed by atoms with Gasteiger partial charge in [-0.05, 0) is 12.3 Å².